The van der Waals surface area contributed by atoms with Crippen LogP contribution in [0.2, 0.25) is 0 Å². The molecule has 0 aliphatic carbocycles. The second-order valence-corrected chi connectivity index (χ2v) is 4.45. The van der Waals surface area contributed by atoms with Crippen molar-refractivity contribution in [2.75, 3.05) is 0 Å². The van der Waals surface area contributed by atoms with Crippen LogP contribution < -0.4 is 0 Å². The van der Waals surface area contributed by atoms with Crippen LogP contribution in [0.5, 0.6) is 0 Å². The van der Waals surface area contributed by atoms with Crippen LogP contribution in [-0.2, 0) is 0 Å². The predicted molar refractivity (Wildman–Crippen MR) is 64.0 cm³/mol. The zero-order valence-electron chi connectivity index (χ0n) is 7.57. The molecule has 1 N–H and O–H groups in total. The van der Waals surface area contributed by atoms with Crippen molar-refractivity contribution in [2.24, 2.45) is 0 Å². The molecule has 0 saturated carbocycles. The number of aliphatic hydroxyl groups is 1. The Kier molecular flexibility index (Phi) is 3.50. The van der Waals surface area contributed by atoms with E-state index in [0.717, 1.165) is 5.56 Å². The average molecular weight is 288 g/mol. The number of rotatable bonds is 3. The summed E-state index contributed by atoms with van der Waals surface area (Å²) < 4.78 is 0.0452. The van der Waals surface area contributed by atoms with Gasteiger partial charge >= 0.3 is 0 Å². The van der Waals surface area contributed by atoms with Crippen molar-refractivity contribution in [3.63, 3.8) is 0 Å². The fraction of sp³-hybridized carbons (Fsp3) is 0.273. The van der Waals surface area contributed by atoms with Crippen LogP contribution in [-0.4, -0.2) is 10.7 Å². The molecule has 0 aliphatic rings. The smallest absolute Gasteiger partial charge is 0.0954 e. The summed E-state index contributed by atoms with van der Waals surface area (Å²) in [6.45, 7) is 5.39. The lowest BCUT2D eigenvalue weighted by molar-refractivity contribution is 0.114. The Hall–Kier alpha value is -0.350. The van der Waals surface area contributed by atoms with Gasteiger partial charge in [-0.25, -0.2) is 0 Å². The molecule has 0 fully saturated rings. The number of halogens is 1. The van der Waals surface area contributed by atoms with E-state index >= 15 is 0 Å². The summed E-state index contributed by atoms with van der Waals surface area (Å²) >= 11 is 2.23. The Balaban J connectivity index is 2.91. The quantitative estimate of drug-likeness (QED) is 0.515. The van der Waals surface area contributed by atoms with Crippen molar-refractivity contribution in [2.45, 2.75) is 16.4 Å². The van der Waals surface area contributed by atoms with E-state index in [2.05, 4.69) is 29.2 Å². The SMILES string of the molecule is C=CC(C)(O)C(I)c1ccccc1. The Morgan fingerprint density at radius 3 is 2.46 bits per heavy atom. The van der Waals surface area contributed by atoms with Gasteiger partial charge in [0.25, 0.3) is 0 Å². The minimum absolute atomic E-state index is 0.0452. The van der Waals surface area contributed by atoms with E-state index < -0.39 is 5.60 Å². The molecule has 1 rings (SSSR count). The van der Waals surface area contributed by atoms with Gasteiger partial charge in [0.15, 0.2) is 0 Å². The Morgan fingerprint density at radius 2 is 2.00 bits per heavy atom. The Bertz CT molecular complexity index is 279. The average Bonchev–Trinajstić information content (AvgIpc) is 2.18. The molecule has 13 heavy (non-hydrogen) atoms. The molecule has 0 amide bonds. The molecule has 1 aromatic rings. The monoisotopic (exact) mass is 288 g/mol. The molecule has 0 spiro atoms. The summed E-state index contributed by atoms with van der Waals surface area (Å²) in [4.78, 5) is 0. The van der Waals surface area contributed by atoms with Gasteiger partial charge < -0.3 is 5.11 Å². The summed E-state index contributed by atoms with van der Waals surface area (Å²) in [5.41, 5.74) is 0.273. The zero-order valence-corrected chi connectivity index (χ0v) is 9.73. The number of hydrogen-bond donors (Lipinski definition) is 1. The van der Waals surface area contributed by atoms with Gasteiger partial charge in [-0.05, 0) is 12.5 Å². The topological polar surface area (TPSA) is 20.2 Å². The number of hydrogen-bond acceptors (Lipinski definition) is 1. The molecule has 0 bridgehead atoms. The first-order chi connectivity index (χ1) is 6.08. The third kappa shape index (κ3) is 2.54. The van der Waals surface area contributed by atoms with E-state index in [-0.39, 0.29) is 3.92 Å². The van der Waals surface area contributed by atoms with Gasteiger partial charge in [0.2, 0.25) is 0 Å². The van der Waals surface area contributed by atoms with Gasteiger partial charge in [-0.15, -0.1) is 6.58 Å². The van der Waals surface area contributed by atoms with Crippen molar-refractivity contribution < 1.29 is 5.11 Å². The van der Waals surface area contributed by atoms with E-state index in [1.807, 2.05) is 30.3 Å². The fourth-order valence-corrected chi connectivity index (χ4v) is 1.73. The Morgan fingerprint density at radius 1 is 1.46 bits per heavy atom. The van der Waals surface area contributed by atoms with Gasteiger partial charge in [0, 0.05) is 0 Å². The van der Waals surface area contributed by atoms with Crippen LogP contribution in [0, 0.1) is 0 Å². The summed E-state index contributed by atoms with van der Waals surface area (Å²) in [6.07, 6.45) is 1.58. The largest absolute Gasteiger partial charge is 0.385 e. The maximum absolute atomic E-state index is 9.92. The van der Waals surface area contributed by atoms with Crippen molar-refractivity contribution in [1.82, 2.24) is 0 Å². The van der Waals surface area contributed by atoms with E-state index in [9.17, 15) is 5.11 Å². The molecule has 0 heterocycles. The van der Waals surface area contributed by atoms with Crippen LogP contribution >= 0.6 is 22.6 Å². The van der Waals surface area contributed by atoms with E-state index in [4.69, 9.17) is 0 Å². The van der Waals surface area contributed by atoms with Gasteiger partial charge in [0.05, 0.1) is 9.53 Å². The first-order valence-electron chi connectivity index (χ1n) is 4.13. The lowest BCUT2D eigenvalue weighted by Gasteiger charge is -2.25. The first kappa shape index (κ1) is 10.7. The second kappa shape index (κ2) is 4.24. The van der Waals surface area contributed by atoms with Crippen LogP contribution in [0.25, 0.3) is 0 Å². The van der Waals surface area contributed by atoms with Crippen LogP contribution in [0.3, 0.4) is 0 Å². The highest BCUT2D eigenvalue weighted by molar-refractivity contribution is 14.1. The highest BCUT2D eigenvalue weighted by Crippen LogP contribution is 2.34. The molecule has 1 nitrogen and oxygen atoms in total. The highest BCUT2D eigenvalue weighted by atomic mass is 127. The van der Waals surface area contributed by atoms with Crippen molar-refractivity contribution in [3.05, 3.63) is 48.6 Å². The van der Waals surface area contributed by atoms with Gasteiger partial charge in [-0.2, -0.15) is 0 Å². The predicted octanol–water partition coefficient (Wildman–Crippen LogP) is 3.10. The molecule has 2 unspecified atom stereocenters. The zero-order chi connectivity index (χ0) is 9.90. The van der Waals surface area contributed by atoms with E-state index in [1.54, 1.807) is 13.0 Å². The number of alkyl halides is 1. The van der Waals surface area contributed by atoms with Crippen molar-refractivity contribution in [1.29, 1.82) is 0 Å². The minimum atomic E-state index is -0.845. The molecule has 2 heteroatoms. The lowest BCUT2D eigenvalue weighted by atomic mass is 9.97. The second-order valence-electron chi connectivity index (χ2n) is 3.20. The lowest BCUT2D eigenvalue weighted by Crippen LogP contribution is -2.26. The summed E-state index contributed by atoms with van der Waals surface area (Å²) in [5, 5.41) is 9.92. The maximum atomic E-state index is 9.92. The third-order valence-corrected chi connectivity index (χ3v) is 4.00. The molecule has 70 valence electrons. The fourth-order valence-electron chi connectivity index (χ4n) is 1.06. The molecule has 0 aromatic heterocycles. The summed E-state index contributed by atoms with van der Waals surface area (Å²) in [7, 11) is 0. The maximum Gasteiger partial charge on any atom is 0.0954 e. The Labute approximate surface area is 92.6 Å². The van der Waals surface area contributed by atoms with Crippen LogP contribution in [0.4, 0.5) is 0 Å². The molecular formula is C11H13IO. The van der Waals surface area contributed by atoms with Gasteiger partial charge in [0.1, 0.15) is 0 Å². The van der Waals surface area contributed by atoms with E-state index in [0.29, 0.717) is 0 Å². The molecule has 0 saturated heterocycles. The molecule has 0 radical (unpaired) electrons. The molecule has 1 aromatic carbocycles. The van der Waals surface area contributed by atoms with Gasteiger partial charge in [-0.1, -0.05) is 59.0 Å². The summed E-state index contributed by atoms with van der Waals surface area (Å²) in [5.74, 6) is 0. The molecule has 0 aliphatic heterocycles. The van der Waals surface area contributed by atoms with Crippen molar-refractivity contribution in [3.8, 4) is 0 Å². The third-order valence-electron chi connectivity index (χ3n) is 2.02. The molecule has 2 atom stereocenters. The van der Waals surface area contributed by atoms with Gasteiger partial charge in [-0.3, -0.25) is 0 Å². The molecular weight excluding hydrogens is 275 g/mol. The highest BCUT2D eigenvalue weighted by Gasteiger charge is 2.27. The van der Waals surface area contributed by atoms with Crippen molar-refractivity contribution >= 4 is 22.6 Å². The van der Waals surface area contributed by atoms with Crippen LogP contribution in [0.15, 0.2) is 43.0 Å². The number of benzene rings is 1. The standard InChI is InChI=1S/C11H13IO/c1-3-11(2,13)10(12)9-7-5-4-6-8-9/h3-8,10,13H,1H2,2H3. The normalized spacial score (nSPS) is 17.5. The van der Waals surface area contributed by atoms with E-state index in [1.165, 1.54) is 0 Å². The summed E-state index contributed by atoms with van der Waals surface area (Å²) in [6, 6.07) is 9.93. The first-order valence-corrected chi connectivity index (χ1v) is 5.37. The minimum Gasteiger partial charge on any atom is -0.385 e. The van der Waals surface area contributed by atoms with Crippen LogP contribution in [0.1, 0.15) is 16.4 Å².